The number of pyridine rings is 1. The molecule has 4 aromatic rings. The molecule has 3 heterocycles. The Hall–Kier alpha value is -4.11. The lowest BCUT2D eigenvalue weighted by Crippen LogP contribution is -2.23. The van der Waals surface area contributed by atoms with E-state index >= 15 is 0 Å². The molecular weight excluding hydrogens is 484 g/mol. The zero-order chi connectivity index (χ0) is 25.2. The van der Waals surface area contributed by atoms with Gasteiger partial charge in [-0.05, 0) is 30.7 Å². The highest BCUT2D eigenvalue weighted by molar-refractivity contribution is 7.11. The fraction of sp³-hybridized carbons (Fsp3) is 0.174. The van der Waals surface area contributed by atoms with Gasteiger partial charge in [-0.15, -0.1) is 11.3 Å². The average Bonchev–Trinajstić information content (AvgIpc) is 3.52. The van der Waals surface area contributed by atoms with Gasteiger partial charge in [-0.2, -0.15) is 23.5 Å². The van der Waals surface area contributed by atoms with Crippen LogP contribution in [0.15, 0.2) is 48.2 Å². The predicted molar refractivity (Wildman–Crippen MR) is 119 cm³/mol. The van der Waals surface area contributed by atoms with Crippen LogP contribution in [0, 0.1) is 17.1 Å². The molecule has 0 fully saturated rings. The molecule has 35 heavy (non-hydrogen) atoms. The minimum atomic E-state index is -4.75. The van der Waals surface area contributed by atoms with Crippen LogP contribution in [0.25, 0.3) is 16.9 Å². The van der Waals surface area contributed by atoms with Crippen LogP contribution in [0.4, 0.5) is 17.6 Å². The zero-order valence-electron chi connectivity index (χ0n) is 18.1. The first kappa shape index (κ1) is 24.0. The van der Waals surface area contributed by atoms with E-state index in [1.165, 1.54) is 46.5 Å². The maximum Gasteiger partial charge on any atom is 0.419 e. The Labute approximate surface area is 200 Å². The van der Waals surface area contributed by atoms with Crippen molar-refractivity contribution in [2.75, 3.05) is 0 Å². The molecule has 0 aliphatic heterocycles. The maximum absolute atomic E-state index is 14.7. The number of halogens is 4. The number of carbonyl (C=O) groups is 1. The number of aryl methyl sites for hydroxylation is 1. The topological polar surface area (TPSA) is 96.5 Å². The van der Waals surface area contributed by atoms with E-state index in [4.69, 9.17) is 5.26 Å². The molecule has 178 valence electrons. The summed E-state index contributed by atoms with van der Waals surface area (Å²) in [7, 11) is 0. The first-order valence-electron chi connectivity index (χ1n) is 10.2. The van der Waals surface area contributed by atoms with Crippen molar-refractivity contribution in [2.45, 2.75) is 26.1 Å². The number of hydrogen-bond donors (Lipinski definition) is 1. The van der Waals surface area contributed by atoms with Crippen molar-refractivity contribution in [3.8, 4) is 23.0 Å². The van der Waals surface area contributed by atoms with Crippen molar-refractivity contribution >= 4 is 17.2 Å². The second kappa shape index (κ2) is 9.63. The van der Waals surface area contributed by atoms with Gasteiger partial charge in [-0.3, -0.25) is 4.79 Å². The van der Waals surface area contributed by atoms with Gasteiger partial charge in [0.15, 0.2) is 5.69 Å². The number of benzene rings is 1. The van der Waals surface area contributed by atoms with Gasteiger partial charge < -0.3 is 5.32 Å². The molecule has 0 saturated heterocycles. The Morgan fingerprint density at radius 2 is 2.03 bits per heavy atom. The second-order valence-corrected chi connectivity index (χ2v) is 8.17. The maximum atomic E-state index is 14.7. The Bertz CT molecular complexity index is 1440. The number of hydrogen-bond acceptors (Lipinski definition) is 6. The van der Waals surface area contributed by atoms with Crippen LogP contribution in [0.1, 0.15) is 39.1 Å². The van der Waals surface area contributed by atoms with Crippen molar-refractivity contribution in [3.63, 3.8) is 0 Å². The Balaban J connectivity index is 1.52. The van der Waals surface area contributed by atoms with Crippen LogP contribution in [-0.2, 0) is 19.1 Å². The fourth-order valence-electron chi connectivity index (χ4n) is 3.32. The monoisotopic (exact) mass is 500 g/mol. The van der Waals surface area contributed by atoms with Gasteiger partial charge in [0.25, 0.3) is 5.91 Å². The Morgan fingerprint density at radius 1 is 1.23 bits per heavy atom. The summed E-state index contributed by atoms with van der Waals surface area (Å²) in [5.74, 6) is -0.918. The molecule has 0 radical (unpaired) electrons. The van der Waals surface area contributed by atoms with E-state index in [1.807, 2.05) is 6.92 Å². The van der Waals surface area contributed by atoms with Gasteiger partial charge in [-0.1, -0.05) is 13.0 Å². The molecule has 1 N–H and O–H groups in total. The van der Waals surface area contributed by atoms with E-state index in [0.717, 1.165) is 12.3 Å². The third kappa shape index (κ3) is 5.04. The van der Waals surface area contributed by atoms with Gasteiger partial charge in [0.05, 0.1) is 28.1 Å². The molecule has 0 spiro atoms. The largest absolute Gasteiger partial charge is 0.419 e. The number of aromatic nitrogens is 4. The quantitative estimate of drug-likeness (QED) is 0.380. The first-order valence-corrected chi connectivity index (χ1v) is 11.1. The molecule has 7 nitrogen and oxygen atoms in total. The van der Waals surface area contributed by atoms with Crippen LogP contribution < -0.4 is 5.32 Å². The predicted octanol–water partition coefficient (Wildman–Crippen LogP) is 4.91. The number of nitrogens with one attached hydrogen (secondary N) is 1. The summed E-state index contributed by atoms with van der Waals surface area (Å²) in [6, 6.07) is 7.96. The average molecular weight is 500 g/mol. The molecule has 0 aliphatic carbocycles. The number of amides is 1. The number of carbonyl (C=O) groups excluding carboxylic acids is 1. The number of rotatable bonds is 6. The Kier molecular flexibility index (Phi) is 6.61. The molecule has 4 rings (SSSR count). The third-order valence-corrected chi connectivity index (χ3v) is 5.97. The molecule has 1 amide bonds. The highest BCUT2D eigenvalue weighted by Crippen LogP contribution is 2.33. The number of nitriles is 1. The SMILES string of the molecule is CCc1ncsc1C(=O)NCc1ccc(-n2ccc(-c3cnc(C#N)c(C(F)(F)F)c3)n2)cc1F. The Morgan fingerprint density at radius 3 is 2.71 bits per heavy atom. The van der Waals surface area contributed by atoms with Crippen molar-refractivity contribution in [1.82, 2.24) is 25.1 Å². The van der Waals surface area contributed by atoms with Crippen LogP contribution >= 0.6 is 11.3 Å². The van der Waals surface area contributed by atoms with Crippen LogP contribution in [0.2, 0.25) is 0 Å². The highest BCUT2D eigenvalue weighted by Gasteiger charge is 2.35. The fourth-order valence-corrected chi connectivity index (χ4v) is 4.11. The van der Waals surface area contributed by atoms with E-state index < -0.39 is 23.3 Å². The van der Waals surface area contributed by atoms with E-state index in [1.54, 1.807) is 11.6 Å². The van der Waals surface area contributed by atoms with Crippen LogP contribution in [0.5, 0.6) is 0 Å². The van der Waals surface area contributed by atoms with Gasteiger partial charge >= 0.3 is 6.18 Å². The molecule has 0 unspecified atom stereocenters. The minimum Gasteiger partial charge on any atom is -0.347 e. The van der Waals surface area contributed by atoms with E-state index in [9.17, 15) is 22.4 Å². The minimum absolute atomic E-state index is 0.0342. The zero-order valence-corrected chi connectivity index (χ0v) is 18.9. The van der Waals surface area contributed by atoms with E-state index in [-0.39, 0.29) is 29.3 Å². The summed E-state index contributed by atoms with van der Waals surface area (Å²) in [6.45, 7) is 1.85. The number of thiazole rings is 1. The second-order valence-electron chi connectivity index (χ2n) is 7.32. The van der Waals surface area contributed by atoms with Gasteiger partial charge in [0.1, 0.15) is 16.8 Å². The molecule has 0 aliphatic rings. The van der Waals surface area contributed by atoms with Crippen molar-refractivity contribution in [2.24, 2.45) is 0 Å². The molecule has 12 heteroatoms. The standard InChI is InChI=1S/C23H16F4N6OS/c1-2-18-21(35-12-31-18)22(34)30-10-13-3-4-15(8-17(13)24)33-6-5-19(32-33)14-7-16(23(25,26)27)20(9-28)29-11-14/h3-8,11-12H,2,10H2,1H3,(H,30,34). The smallest absolute Gasteiger partial charge is 0.347 e. The molecule has 1 aromatic carbocycles. The molecule has 0 saturated carbocycles. The summed E-state index contributed by atoms with van der Waals surface area (Å²) in [4.78, 5) is 20.5. The van der Waals surface area contributed by atoms with Crippen molar-refractivity contribution in [3.05, 3.63) is 81.4 Å². The summed E-state index contributed by atoms with van der Waals surface area (Å²) in [5, 5.41) is 15.8. The summed E-state index contributed by atoms with van der Waals surface area (Å²) in [5.41, 5.74) is 1.18. The summed E-state index contributed by atoms with van der Waals surface area (Å²) < 4.78 is 55.7. The lowest BCUT2D eigenvalue weighted by Gasteiger charge is -2.09. The van der Waals surface area contributed by atoms with Gasteiger partial charge in [0.2, 0.25) is 0 Å². The lowest BCUT2D eigenvalue weighted by molar-refractivity contribution is -0.138. The van der Waals surface area contributed by atoms with E-state index in [2.05, 4.69) is 20.4 Å². The lowest BCUT2D eigenvalue weighted by atomic mass is 10.1. The first-order chi connectivity index (χ1) is 16.7. The normalized spacial score (nSPS) is 11.3. The molecule has 3 aromatic heterocycles. The van der Waals surface area contributed by atoms with Crippen LogP contribution in [0.3, 0.4) is 0 Å². The summed E-state index contributed by atoms with van der Waals surface area (Å²) in [6.07, 6.45) is -1.55. The number of alkyl halides is 3. The van der Waals surface area contributed by atoms with E-state index in [0.29, 0.717) is 22.7 Å². The van der Waals surface area contributed by atoms with Crippen molar-refractivity contribution < 1.29 is 22.4 Å². The third-order valence-electron chi connectivity index (χ3n) is 5.11. The molecule has 0 bridgehead atoms. The van der Waals surface area contributed by atoms with Gasteiger partial charge in [0, 0.05) is 30.1 Å². The molecule has 0 atom stereocenters. The summed E-state index contributed by atoms with van der Waals surface area (Å²) >= 11 is 1.21. The van der Waals surface area contributed by atoms with Crippen LogP contribution in [-0.4, -0.2) is 25.7 Å². The molecular formula is C23H16F4N6OS. The highest BCUT2D eigenvalue weighted by atomic mass is 32.1. The van der Waals surface area contributed by atoms with Gasteiger partial charge in [-0.25, -0.2) is 19.0 Å². The van der Waals surface area contributed by atoms with Crippen molar-refractivity contribution in [1.29, 1.82) is 5.26 Å². The number of nitrogens with zero attached hydrogens (tertiary/aromatic N) is 5.